The summed E-state index contributed by atoms with van der Waals surface area (Å²) in [7, 11) is 3.38. The Bertz CT molecular complexity index is 833. The molecule has 0 aliphatic heterocycles. The van der Waals surface area contributed by atoms with Crippen LogP contribution in [0, 0.1) is 5.92 Å². The van der Waals surface area contributed by atoms with Crippen molar-refractivity contribution < 1.29 is 14.3 Å². The number of urea groups is 1. The molecular weight excluding hydrogens is 354 g/mol. The highest BCUT2D eigenvalue weighted by Crippen LogP contribution is 2.27. The first kappa shape index (κ1) is 19.7. The molecule has 3 amide bonds. The van der Waals surface area contributed by atoms with Gasteiger partial charge in [0.05, 0.1) is 7.11 Å². The Hall–Kier alpha value is -3.02. The fraction of sp³-hybridized carbons (Fsp3) is 0.364. The number of amides is 3. The summed E-state index contributed by atoms with van der Waals surface area (Å²) < 4.78 is 5.22. The Labute approximate surface area is 165 Å². The summed E-state index contributed by atoms with van der Waals surface area (Å²) in [6, 6.07) is 15.1. The Balaban J connectivity index is 1.50. The minimum atomic E-state index is -0.160. The molecular formula is C22H27N3O3. The molecule has 0 aromatic heterocycles. The van der Waals surface area contributed by atoms with Crippen LogP contribution < -0.4 is 15.4 Å². The second-order valence-electron chi connectivity index (χ2n) is 7.18. The van der Waals surface area contributed by atoms with Gasteiger partial charge in [0, 0.05) is 31.7 Å². The lowest BCUT2D eigenvalue weighted by molar-refractivity contribution is -0.122. The van der Waals surface area contributed by atoms with Crippen LogP contribution in [0.15, 0.2) is 48.5 Å². The molecule has 6 heteroatoms. The van der Waals surface area contributed by atoms with Crippen molar-refractivity contribution >= 4 is 17.6 Å². The third-order valence-corrected chi connectivity index (χ3v) is 5.01. The van der Waals surface area contributed by atoms with E-state index in [1.54, 1.807) is 19.1 Å². The Morgan fingerprint density at radius 2 is 1.86 bits per heavy atom. The van der Waals surface area contributed by atoms with Crippen LogP contribution in [0.2, 0.25) is 0 Å². The number of carbonyl (C=O) groups is 2. The third-order valence-electron chi connectivity index (χ3n) is 5.01. The molecule has 1 aliphatic carbocycles. The van der Waals surface area contributed by atoms with E-state index in [-0.39, 0.29) is 17.9 Å². The van der Waals surface area contributed by atoms with Gasteiger partial charge in [0.15, 0.2) is 0 Å². The Kier molecular flexibility index (Phi) is 6.53. The fourth-order valence-electron chi connectivity index (χ4n) is 3.10. The lowest BCUT2D eigenvalue weighted by Gasteiger charge is -2.24. The lowest BCUT2D eigenvalue weighted by atomic mass is 9.85. The number of ether oxygens (including phenoxy) is 1. The Morgan fingerprint density at radius 1 is 1.11 bits per heavy atom. The fourth-order valence-corrected chi connectivity index (χ4v) is 3.10. The normalized spacial score (nSPS) is 13.4. The molecule has 0 heterocycles. The predicted octanol–water partition coefficient (Wildman–Crippen LogP) is 3.78. The zero-order chi connectivity index (χ0) is 19.9. The summed E-state index contributed by atoms with van der Waals surface area (Å²) in [5, 5.41) is 5.88. The van der Waals surface area contributed by atoms with Crippen LogP contribution in [0.3, 0.4) is 0 Å². The quantitative estimate of drug-likeness (QED) is 0.767. The number of anilines is 1. The summed E-state index contributed by atoms with van der Waals surface area (Å²) in [4.78, 5) is 26.1. The second kappa shape index (κ2) is 9.26. The number of hydrogen-bond donors (Lipinski definition) is 2. The van der Waals surface area contributed by atoms with E-state index in [4.69, 9.17) is 4.74 Å². The maximum absolute atomic E-state index is 12.4. The van der Waals surface area contributed by atoms with E-state index in [1.807, 2.05) is 48.5 Å². The number of nitrogens with one attached hydrogen (secondary N) is 2. The van der Waals surface area contributed by atoms with Gasteiger partial charge in [-0.3, -0.25) is 4.79 Å². The van der Waals surface area contributed by atoms with Gasteiger partial charge in [0.2, 0.25) is 5.91 Å². The molecule has 6 nitrogen and oxygen atoms in total. The van der Waals surface area contributed by atoms with Crippen molar-refractivity contribution in [2.24, 2.45) is 5.92 Å². The van der Waals surface area contributed by atoms with Crippen molar-refractivity contribution in [3.63, 3.8) is 0 Å². The molecule has 2 aromatic carbocycles. The largest absolute Gasteiger partial charge is 0.497 e. The number of carbonyl (C=O) groups excluding carboxylic acids is 2. The van der Waals surface area contributed by atoms with Gasteiger partial charge in [-0.05, 0) is 48.2 Å². The molecule has 0 atom stereocenters. The monoisotopic (exact) mass is 381 g/mol. The molecule has 1 fully saturated rings. The molecule has 2 aromatic rings. The van der Waals surface area contributed by atoms with Gasteiger partial charge in [-0.15, -0.1) is 0 Å². The van der Waals surface area contributed by atoms with Crippen molar-refractivity contribution in [2.75, 3.05) is 19.5 Å². The molecule has 0 radical (unpaired) electrons. The van der Waals surface area contributed by atoms with E-state index in [1.165, 1.54) is 0 Å². The smallest absolute Gasteiger partial charge is 0.317 e. The van der Waals surface area contributed by atoms with Gasteiger partial charge in [-0.25, -0.2) is 4.79 Å². The average molecular weight is 381 g/mol. The number of nitrogens with zero attached hydrogens (tertiary/aromatic N) is 1. The van der Waals surface area contributed by atoms with Gasteiger partial charge in [-0.1, -0.05) is 30.7 Å². The van der Waals surface area contributed by atoms with E-state index in [0.717, 1.165) is 41.8 Å². The topological polar surface area (TPSA) is 70.7 Å². The zero-order valence-corrected chi connectivity index (χ0v) is 16.4. The molecule has 28 heavy (non-hydrogen) atoms. The van der Waals surface area contributed by atoms with Crippen LogP contribution in [0.1, 0.15) is 30.4 Å². The molecule has 1 aliphatic rings. The van der Waals surface area contributed by atoms with Gasteiger partial charge in [-0.2, -0.15) is 0 Å². The summed E-state index contributed by atoms with van der Waals surface area (Å²) >= 11 is 0. The number of hydrogen-bond acceptors (Lipinski definition) is 3. The van der Waals surface area contributed by atoms with Crippen LogP contribution in [0.4, 0.5) is 10.5 Å². The van der Waals surface area contributed by atoms with Crippen molar-refractivity contribution in [3.8, 4) is 5.75 Å². The third kappa shape index (κ3) is 5.25. The van der Waals surface area contributed by atoms with Crippen LogP contribution in [0.25, 0.3) is 0 Å². The molecule has 0 bridgehead atoms. The Morgan fingerprint density at radius 3 is 2.57 bits per heavy atom. The maximum atomic E-state index is 12.4. The van der Waals surface area contributed by atoms with Crippen LogP contribution >= 0.6 is 0 Å². The SMILES string of the molecule is COc1cccc(CN(C)C(=O)NCc2cccc(NC(=O)C3CCC3)c2)c1. The summed E-state index contributed by atoms with van der Waals surface area (Å²) in [5.74, 6) is 1.01. The highest BCUT2D eigenvalue weighted by Gasteiger charge is 2.25. The van der Waals surface area contributed by atoms with E-state index in [2.05, 4.69) is 10.6 Å². The molecule has 1 saturated carbocycles. The van der Waals surface area contributed by atoms with Gasteiger partial charge in [0.1, 0.15) is 5.75 Å². The van der Waals surface area contributed by atoms with Crippen molar-refractivity contribution in [1.82, 2.24) is 10.2 Å². The standard InChI is InChI=1S/C22H27N3O3/c1-25(15-17-7-4-11-20(13-17)28-2)22(27)23-14-16-6-3-10-19(12-16)24-21(26)18-8-5-9-18/h3-4,6-7,10-13,18H,5,8-9,14-15H2,1-2H3,(H,23,27)(H,24,26). The van der Waals surface area contributed by atoms with E-state index < -0.39 is 0 Å². The zero-order valence-electron chi connectivity index (χ0n) is 16.4. The lowest BCUT2D eigenvalue weighted by Crippen LogP contribution is -2.36. The summed E-state index contributed by atoms with van der Waals surface area (Å²) in [5.41, 5.74) is 2.71. The minimum Gasteiger partial charge on any atom is -0.497 e. The van der Waals surface area contributed by atoms with Gasteiger partial charge in [0.25, 0.3) is 0 Å². The summed E-state index contributed by atoms with van der Waals surface area (Å²) in [6.45, 7) is 0.884. The van der Waals surface area contributed by atoms with Gasteiger partial charge < -0.3 is 20.3 Å². The van der Waals surface area contributed by atoms with Crippen LogP contribution in [0.5, 0.6) is 5.75 Å². The maximum Gasteiger partial charge on any atom is 0.317 e. The molecule has 2 N–H and O–H groups in total. The molecule has 0 unspecified atom stereocenters. The van der Waals surface area contributed by atoms with Crippen molar-refractivity contribution in [1.29, 1.82) is 0 Å². The number of rotatable bonds is 7. The minimum absolute atomic E-state index is 0.0884. The van der Waals surface area contributed by atoms with Gasteiger partial charge >= 0.3 is 6.03 Å². The number of benzene rings is 2. The van der Waals surface area contributed by atoms with E-state index in [0.29, 0.717) is 13.1 Å². The molecule has 3 rings (SSSR count). The number of methoxy groups -OCH3 is 1. The average Bonchev–Trinajstić information content (AvgIpc) is 2.65. The first-order valence-corrected chi connectivity index (χ1v) is 9.57. The van der Waals surface area contributed by atoms with E-state index in [9.17, 15) is 9.59 Å². The first-order chi connectivity index (χ1) is 13.5. The summed E-state index contributed by atoms with van der Waals surface area (Å²) in [6.07, 6.45) is 3.08. The first-order valence-electron chi connectivity index (χ1n) is 9.57. The predicted molar refractivity (Wildman–Crippen MR) is 109 cm³/mol. The molecule has 0 saturated heterocycles. The van der Waals surface area contributed by atoms with E-state index >= 15 is 0 Å². The molecule has 0 spiro atoms. The molecule has 148 valence electrons. The van der Waals surface area contributed by atoms with Crippen LogP contribution in [-0.2, 0) is 17.9 Å². The second-order valence-corrected chi connectivity index (χ2v) is 7.18. The van der Waals surface area contributed by atoms with Crippen molar-refractivity contribution in [2.45, 2.75) is 32.4 Å². The highest BCUT2D eigenvalue weighted by molar-refractivity contribution is 5.93. The van der Waals surface area contributed by atoms with Crippen LogP contribution in [-0.4, -0.2) is 31.0 Å². The highest BCUT2D eigenvalue weighted by atomic mass is 16.5. The van der Waals surface area contributed by atoms with Crippen molar-refractivity contribution in [3.05, 3.63) is 59.7 Å².